The molecule has 1 aromatic heterocycles. The van der Waals surface area contributed by atoms with Gasteiger partial charge in [-0.15, -0.1) is 0 Å². The van der Waals surface area contributed by atoms with Crippen molar-refractivity contribution < 1.29 is 23.2 Å². The van der Waals surface area contributed by atoms with Gasteiger partial charge in [0.15, 0.2) is 0 Å². The highest BCUT2D eigenvalue weighted by Crippen LogP contribution is 2.31. The van der Waals surface area contributed by atoms with E-state index < -0.39 is 43.3 Å². The summed E-state index contributed by atoms with van der Waals surface area (Å²) in [4.78, 5) is 38.1. The van der Waals surface area contributed by atoms with Gasteiger partial charge >= 0.3 is 0 Å². The molecule has 2 heterocycles. The maximum atomic E-state index is 13.6. The lowest BCUT2D eigenvalue weighted by molar-refractivity contribution is -0.131. The van der Waals surface area contributed by atoms with Crippen LogP contribution in [0.15, 0.2) is 60.9 Å². The topological polar surface area (TPSA) is 120 Å². The van der Waals surface area contributed by atoms with Gasteiger partial charge in [-0.05, 0) is 36.8 Å². The van der Waals surface area contributed by atoms with E-state index in [1.54, 1.807) is 24.3 Å². The van der Waals surface area contributed by atoms with Crippen molar-refractivity contribution in [1.82, 2.24) is 20.0 Å². The standard InChI is InChI=1S/C26H24F2N6O3/c1-17-5-7-21(8-6-17)32-25(37)19-4-2-3-18(9-19)14-33-15-20(12-31-33)24(36)30-13-23(35)34-16-26(27,28)10-22(34)11-29/h2-9,12,15,22H,10,13-14,16H2,1H3,(H,30,36)(H,32,37)/t22-/m0/s1. The molecule has 2 N–H and O–H groups in total. The van der Waals surface area contributed by atoms with E-state index in [1.165, 1.54) is 17.1 Å². The number of alkyl halides is 2. The Hall–Kier alpha value is -4.59. The summed E-state index contributed by atoms with van der Waals surface area (Å²) in [6, 6.07) is 14.9. The van der Waals surface area contributed by atoms with Gasteiger partial charge in [-0.3, -0.25) is 19.1 Å². The number of nitrogens with zero attached hydrogens (tertiary/aromatic N) is 4. The molecule has 0 radical (unpaired) electrons. The molecule has 2 aromatic carbocycles. The number of benzene rings is 2. The molecule has 1 aliphatic heterocycles. The number of amides is 3. The summed E-state index contributed by atoms with van der Waals surface area (Å²) in [7, 11) is 0. The molecule has 1 fully saturated rings. The van der Waals surface area contributed by atoms with E-state index in [1.807, 2.05) is 37.3 Å². The van der Waals surface area contributed by atoms with Gasteiger partial charge in [-0.2, -0.15) is 10.4 Å². The number of likely N-dealkylation sites (tertiary alicyclic amines) is 1. The Kier molecular flexibility index (Phi) is 7.29. The van der Waals surface area contributed by atoms with Gasteiger partial charge in [-0.1, -0.05) is 29.8 Å². The predicted octanol–water partition coefficient (Wildman–Crippen LogP) is 2.98. The highest BCUT2D eigenvalue weighted by atomic mass is 19.3. The molecule has 0 aliphatic carbocycles. The normalized spacial score (nSPS) is 16.2. The van der Waals surface area contributed by atoms with Crippen LogP contribution in [0, 0.1) is 18.3 Å². The maximum Gasteiger partial charge on any atom is 0.268 e. The van der Waals surface area contributed by atoms with Crippen LogP contribution in [0.2, 0.25) is 0 Å². The van der Waals surface area contributed by atoms with Crippen molar-refractivity contribution in [3.63, 3.8) is 0 Å². The zero-order valence-corrected chi connectivity index (χ0v) is 19.9. The monoisotopic (exact) mass is 506 g/mol. The number of aryl methyl sites for hydroxylation is 1. The SMILES string of the molecule is Cc1ccc(NC(=O)c2cccc(Cn3cc(C(=O)NCC(=O)N4CC(F)(F)C[C@H]4C#N)cn3)c2)cc1. The predicted molar refractivity (Wildman–Crippen MR) is 130 cm³/mol. The Morgan fingerprint density at radius 1 is 1.14 bits per heavy atom. The smallest absolute Gasteiger partial charge is 0.268 e. The summed E-state index contributed by atoms with van der Waals surface area (Å²) < 4.78 is 28.6. The summed E-state index contributed by atoms with van der Waals surface area (Å²) in [6.07, 6.45) is 2.07. The molecule has 1 aliphatic rings. The van der Waals surface area contributed by atoms with Crippen LogP contribution >= 0.6 is 0 Å². The molecule has 3 amide bonds. The largest absolute Gasteiger partial charge is 0.343 e. The highest BCUT2D eigenvalue weighted by Gasteiger charge is 2.47. The van der Waals surface area contributed by atoms with E-state index >= 15 is 0 Å². The number of carbonyl (C=O) groups excluding carboxylic acids is 3. The highest BCUT2D eigenvalue weighted by molar-refractivity contribution is 6.04. The molecule has 1 saturated heterocycles. The minimum atomic E-state index is -3.13. The van der Waals surface area contributed by atoms with E-state index in [4.69, 9.17) is 5.26 Å². The van der Waals surface area contributed by atoms with Gasteiger partial charge in [0.25, 0.3) is 17.7 Å². The van der Waals surface area contributed by atoms with Crippen molar-refractivity contribution in [2.45, 2.75) is 31.9 Å². The Balaban J connectivity index is 1.33. The number of carbonyl (C=O) groups is 3. The summed E-state index contributed by atoms with van der Waals surface area (Å²) in [5.74, 6) is -4.75. The third-order valence-electron chi connectivity index (χ3n) is 5.88. The Morgan fingerprint density at radius 3 is 2.62 bits per heavy atom. The number of nitriles is 1. The Labute approximate surface area is 211 Å². The number of halogens is 2. The molecule has 0 saturated carbocycles. The fourth-order valence-electron chi connectivity index (χ4n) is 3.96. The lowest BCUT2D eigenvalue weighted by atomic mass is 10.1. The van der Waals surface area contributed by atoms with Crippen LogP contribution in [-0.4, -0.2) is 57.5 Å². The van der Waals surface area contributed by atoms with Gasteiger partial charge in [0.2, 0.25) is 5.91 Å². The summed E-state index contributed by atoms with van der Waals surface area (Å²) in [6.45, 7) is 0.878. The van der Waals surface area contributed by atoms with Crippen LogP contribution in [0.4, 0.5) is 14.5 Å². The second-order valence-electron chi connectivity index (χ2n) is 8.86. The lowest BCUT2D eigenvalue weighted by Crippen LogP contribution is -2.42. The zero-order chi connectivity index (χ0) is 26.6. The molecule has 4 rings (SSSR count). The quantitative estimate of drug-likeness (QED) is 0.511. The molecular weight excluding hydrogens is 482 g/mol. The molecule has 3 aromatic rings. The van der Waals surface area contributed by atoms with Crippen LogP contribution in [0.5, 0.6) is 0 Å². The minimum Gasteiger partial charge on any atom is -0.343 e. The van der Waals surface area contributed by atoms with E-state index in [0.717, 1.165) is 16.0 Å². The first-order chi connectivity index (χ1) is 17.6. The van der Waals surface area contributed by atoms with Gasteiger partial charge in [-0.25, -0.2) is 8.78 Å². The lowest BCUT2D eigenvalue weighted by Gasteiger charge is -2.19. The fraction of sp³-hybridized carbons (Fsp3) is 0.269. The first-order valence-corrected chi connectivity index (χ1v) is 11.5. The van der Waals surface area contributed by atoms with Gasteiger partial charge in [0.05, 0.1) is 37.5 Å². The summed E-state index contributed by atoms with van der Waals surface area (Å²) in [5, 5.41) is 18.4. The third-order valence-corrected chi connectivity index (χ3v) is 5.88. The van der Waals surface area contributed by atoms with Crippen LogP contribution in [-0.2, 0) is 11.3 Å². The fourth-order valence-corrected chi connectivity index (χ4v) is 3.96. The average molecular weight is 507 g/mol. The number of hydrogen-bond acceptors (Lipinski definition) is 5. The summed E-state index contributed by atoms with van der Waals surface area (Å²) in [5.41, 5.74) is 3.18. The van der Waals surface area contributed by atoms with Crippen LogP contribution in [0.25, 0.3) is 0 Å². The van der Waals surface area contributed by atoms with Crippen molar-refractivity contribution in [3.8, 4) is 6.07 Å². The second kappa shape index (κ2) is 10.6. The zero-order valence-electron chi connectivity index (χ0n) is 19.9. The van der Waals surface area contributed by atoms with Gasteiger partial charge in [0.1, 0.15) is 6.04 Å². The van der Waals surface area contributed by atoms with Gasteiger partial charge in [0, 0.05) is 23.9 Å². The first kappa shape index (κ1) is 25.5. The first-order valence-electron chi connectivity index (χ1n) is 11.5. The molecule has 1 atom stereocenters. The molecule has 37 heavy (non-hydrogen) atoms. The third kappa shape index (κ3) is 6.35. The molecule has 11 heteroatoms. The van der Waals surface area contributed by atoms with Crippen molar-refractivity contribution in [3.05, 3.63) is 83.2 Å². The van der Waals surface area contributed by atoms with Crippen LogP contribution in [0.3, 0.4) is 0 Å². The van der Waals surface area contributed by atoms with Crippen molar-refractivity contribution in [2.75, 3.05) is 18.4 Å². The van der Waals surface area contributed by atoms with E-state index in [-0.39, 0.29) is 18.0 Å². The summed E-state index contributed by atoms with van der Waals surface area (Å²) >= 11 is 0. The Bertz CT molecular complexity index is 1360. The number of anilines is 1. The molecule has 0 unspecified atom stereocenters. The van der Waals surface area contributed by atoms with Crippen molar-refractivity contribution in [1.29, 1.82) is 5.26 Å². The number of nitrogens with one attached hydrogen (secondary N) is 2. The van der Waals surface area contributed by atoms with E-state index in [2.05, 4.69) is 15.7 Å². The van der Waals surface area contributed by atoms with E-state index in [0.29, 0.717) is 11.3 Å². The maximum absolute atomic E-state index is 13.6. The minimum absolute atomic E-state index is 0.171. The van der Waals surface area contributed by atoms with Crippen LogP contribution in [0.1, 0.15) is 38.3 Å². The second-order valence-corrected chi connectivity index (χ2v) is 8.86. The Morgan fingerprint density at radius 2 is 1.89 bits per heavy atom. The number of aromatic nitrogens is 2. The molecule has 0 spiro atoms. The van der Waals surface area contributed by atoms with E-state index in [9.17, 15) is 23.2 Å². The van der Waals surface area contributed by atoms with Crippen molar-refractivity contribution >= 4 is 23.4 Å². The average Bonchev–Trinajstić information content (AvgIpc) is 3.47. The van der Waals surface area contributed by atoms with Crippen molar-refractivity contribution in [2.24, 2.45) is 0 Å². The van der Waals surface area contributed by atoms with Crippen LogP contribution < -0.4 is 10.6 Å². The molecule has 0 bridgehead atoms. The number of rotatable bonds is 7. The van der Waals surface area contributed by atoms with Gasteiger partial charge < -0.3 is 15.5 Å². The number of hydrogen-bond donors (Lipinski definition) is 2. The molecule has 190 valence electrons. The molecular formula is C26H24F2N6O3. The molecule has 9 nitrogen and oxygen atoms in total.